The lowest BCUT2D eigenvalue weighted by atomic mass is 10.1. The van der Waals surface area contributed by atoms with E-state index in [2.05, 4.69) is 15.3 Å². The van der Waals surface area contributed by atoms with Crippen LogP contribution in [-0.4, -0.2) is 32.1 Å². The number of fused-ring (bicyclic) bond motifs is 1. The Morgan fingerprint density at radius 2 is 1.96 bits per heavy atom. The molecule has 2 N–H and O–H groups in total. The maximum absolute atomic E-state index is 12.8. The summed E-state index contributed by atoms with van der Waals surface area (Å²) in [6, 6.07) is 0. The molecule has 8 heteroatoms. The average molecular weight is 347 g/mol. The summed E-state index contributed by atoms with van der Waals surface area (Å²) < 4.78 is 2.69. The lowest BCUT2D eigenvalue weighted by molar-refractivity contribution is -0.120. The third kappa shape index (κ3) is 3.25. The van der Waals surface area contributed by atoms with Gasteiger partial charge in [0.05, 0.1) is 0 Å². The summed E-state index contributed by atoms with van der Waals surface area (Å²) in [5.74, 6) is 0.945. The highest BCUT2D eigenvalue weighted by Gasteiger charge is 2.23. The molecule has 1 amide bonds. The zero-order chi connectivity index (χ0) is 18.0. The molecular weight excluding hydrogens is 322 g/mol. The number of amides is 1. The standard InChI is InChI=1S/C17H25N5O3/c1-3-9-22-16(24)13-15(20-14(19-13)11-6-4-5-7-11)21(17(22)25)10-8-12(23)18-2/h11H,3-10H2,1-2H3,(H,18,23)(H,19,20). The van der Waals surface area contributed by atoms with E-state index in [0.717, 1.165) is 31.5 Å². The summed E-state index contributed by atoms with van der Waals surface area (Å²) in [5, 5.41) is 2.55. The van der Waals surface area contributed by atoms with Gasteiger partial charge in [0.25, 0.3) is 5.56 Å². The molecule has 1 saturated carbocycles. The van der Waals surface area contributed by atoms with Crippen LogP contribution in [0.4, 0.5) is 0 Å². The number of hydrogen-bond donors (Lipinski definition) is 2. The van der Waals surface area contributed by atoms with Gasteiger partial charge < -0.3 is 10.3 Å². The molecule has 0 radical (unpaired) electrons. The van der Waals surface area contributed by atoms with Crippen molar-refractivity contribution in [3.05, 3.63) is 26.7 Å². The van der Waals surface area contributed by atoms with Crippen LogP contribution in [0.3, 0.4) is 0 Å². The number of nitrogens with one attached hydrogen (secondary N) is 2. The Balaban J connectivity index is 2.14. The first kappa shape index (κ1) is 17.4. The number of nitrogens with zero attached hydrogens (tertiary/aromatic N) is 3. The minimum atomic E-state index is -0.396. The Labute approximate surface area is 145 Å². The molecule has 136 valence electrons. The number of imidazole rings is 1. The Morgan fingerprint density at radius 3 is 2.60 bits per heavy atom. The number of aromatic amines is 1. The van der Waals surface area contributed by atoms with Crippen LogP contribution in [-0.2, 0) is 17.9 Å². The molecule has 1 fully saturated rings. The largest absolute Gasteiger partial charge is 0.359 e. The molecular formula is C17H25N5O3. The van der Waals surface area contributed by atoms with E-state index in [4.69, 9.17) is 0 Å². The summed E-state index contributed by atoms with van der Waals surface area (Å²) in [4.78, 5) is 44.8. The van der Waals surface area contributed by atoms with E-state index in [9.17, 15) is 14.4 Å². The van der Waals surface area contributed by atoms with Crippen molar-refractivity contribution in [2.45, 2.75) is 64.5 Å². The first-order valence-corrected chi connectivity index (χ1v) is 9.00. The Hall–Kier alpha value is -2.38. The highest BCUT2D eigenvalue weighted by atomic mass is 16.2. The quantitative estimate of drug-likeness (QED) is 0.816. The molecule has 2 aromatic heterocycles. The van der Waals surface area contributed by atoms with E-state index in [-0.39, 0.29) is 24.4 Å². The second-order valence-corrected chi connectivity index (χ2v) is 6.62. The smallest absolute Gasteiger partial charge is 0.332 e. The molecule has 3 rings (SSSR count). The van der Waals surface area contributed by atoms with Gasteiger partial charge in [-0.05, 0) is 19.3 Å². The summed E-state index contributed by atoms with van der Waals surface area (Å²) in [6.45, 7) is 2.47. The van der Waals surface area contributed by atoms with Crippen LogP contribution in [0.2, 0.25) is 0 Å². The third-order valence-electron chi connectivity index (χ3n) is 4.91. The van der Waals surface area contributed by atoms with E-state index >= 15 is 0 Å². The molecule has 25 heavy (non-hydrogen) atoms. The van der Waals surface area contributed by atoms with Crippen molar-refractivity contribution in [1.82, 2.24) is 24.4 Å². The van der Waals surface area contributed by atoms with Gasteiger partial charge in [0.1, 0.15) is 11.3 Å². The van der Waals surface area contributed by atoms with Gasteiger partial charge in [-0.2, -0.15) is 0 Å². The van der Waals surface area contributed by atoms with Crippen molar-refractivity contribution >= 4 is 17.1 Å². The predicted molar refractivity (Wildman–Crippen MR) is 94.8 cm³/mol. The zero-order valence-electron chi connectivity index (χ0n) is 14.8. The fraction of sp³-hybridized carbons (Fsp3) is 0.647. The van der Waals surface area contributed by atoms with Crippen molar-refractivity contribution in [3.8, 4) is 0 Å². The summed E-state index contributed by atoms with van der Waals surface area (Å²) in [7, 11) is 1.56. The van der Waals surface area contributed by atoms with Crippen molar-refractivity contribution in [1.29, 1.82) is 0 Å². The van der Waals surface area contributed by atoms with Crippen LogP contribution in [0.25, 0.3) is 11.2 Å². The number of carbonyl (C=O) groups is 1. The molecule has 0 unspecified atom stereocenters. The SMILES string of the molecule is CCCn1c(=O)c2[nH]c(C3CCCC3)nc2n(CCC(=O)NC)c1=O. The van der Waals surface area contributed by atoms with Crippen LogP contribution in [0.1, 0.15) is 57.2 Å². The number of carbonyl (C=O) groups excluding carboxylic acids is 1. The molecule has 2 aromatic rings. The second kappa shape index (κ2) is 7.25. The first-order valence-electron chi connectivity index (χ1n) is 9.00. The van der Waals surface area contributed by atoms with Gasteiger partial charge in [-0.1, -0.05) is 19.8 Å². The van der Waals surface area contributed by atoms with E-state index in [1.165, 1.54) is 9.13 Å². The van der Waals surface area contributed by atoms with Gasteiger partial charge in [-0.3, -0.25) is 18.7 Å². The van der Waals surface area contributed by atoms with E-state index < -0.39 is 5.69 Å². The van der Waals surface area contributed by atoms with Crippen molar-refractivity contribution < 1.29 is 4.79 Å². The van der Waals surface area contributed by atoms with Gasteiger partial charge in [0.2, 0.25) is 5.91 Å². The molecule has 1 aliphatic rings. The summed E-state index contributed by atoms with van der Waals surface area (Å²) in [6.07, 6.45) is 5.26. The molecule has 0 atom stereocenters. The normalized spacial score (nSPS) is 15.1. The Bertz CT molecular complexity index is 886. The maximum Gasteiger partial charge on any atom is 0.332 e. The van der Waals surface area contributed by atoms with E-state index in [0.29, 0.717) is 30.0 Å². The number of hydrogen-bond acceptors (Lipinski definition) is 4. The second-order valence-electron chi connectivity index (χ2n) is 6.62. The minimum Gasteiger partial charge on any atom is -0.359 e. The third-order valence-corrected chi connectivity index (χ3v) is 4.91. The van der Waals surface area contributed by atoms with E-state index in [1.807, 2.05) is 6.92 Å². The minimum absolute atomic E-state index is 0.153. The van der Waals surface area contributed by atoms with Crippen molar-refractivity contribution in [3.63, 3.8) is 0 Å². The summed E-state index contributed by atoms with van der Waals surface area (Å²) >= 11 is 0. The fourth-order valence-corrected chi connectivity index (χ4v) is 3.54. The molecule has 1 aliphatic carbocycles. The molecule has 8 nitrogen and oxygen atoms in total. The molecule has 2 heterocycles. The van der Waals surface area contributed by atoms with Crippen LogP contribution in [0, 0.1) is 0 Å². The van der Waals surface area contributed by atoms with Crippen LogP contribution in [0.15, 0.2) is 9.59 Å². The molecule has 0 spiro atoms. The van der Waals surface area contributed by atoms with Crippen molar-refractivity contribution in [2.75, 3.05) is 7.05 Å². The number of rotatable bonds is 6. The highest BCUT2D eigenvalue weighted by molar-refractivity contribution is 5.76. The van der Waals surface area contributed by atoms with Gasteiger partial charge in [-0.15, -0.1) is 0 Å². The molecule has 0 saturated heterocycles. The Morgan fingerprint density at radius 1 is 1.24 bits per heavy atom. The van der Waals surface area contributed by atoms with Gasteiger partial charge in [-0.25, -0.2) is 9.78 Å². The van der Waals surface area contributed by atoms with Gasteiger partial charge in [0, 0.05) is 32.5 Å². The van der Waals surface area contributed by atoms with Crippen LogP contribution < -0.4 is 16.6 Å². The first-order chi connectivity index (χ1) is 12.1. The van der Waals surface area contributed by atoms with Crippen LogP contribution >= 0.6 is 0 Å². The lowest BCUT2D eigenvalue weighted by Crippen LogP contribution is -2.40. The van der Waals surface area contributed by atoms with Gasteiger partial charge in [0.15, 0.2) is 5.65 Å². The average Bonchev–Trinajstić information content (AvgIpc) is 3.27. The van der Waals surface area contributed by atoms with Crippen LogP contribution in [0.5, 0.6) is 0 Å². The maximum atomic E-state index is 12.8. The lowest BCUT2D eigenvalue weighted by Gasteiger charge is -2.10. The fourth-order valence-electron chi connectivity index (χ4n) is 3.54. The predicted octanol–water partition coefficient (Wildman–Crippen LogP) is 1.09. The molecule has 0 aromatic carbocycles. The number of aryl methyl sites for hydroxylation is 1. The van der Waals surface area contributed by atoms with Crippen molar-refractivity contribution in [2.24, 2.45) is 0 Å². The number of aromatic nitrogens is 4. The Kier molecular flexibility index (Phi) is 5.06. The zero-order valence-corrected chi connectivity index (χ0v) is 14.8. The number of H-pyrrole nitrogens is 1. The highest BCUT2D eigenvalue weighted by Crippen LogP contribution is 2.32. The molecule has 0 bridgehead atoms. The molecule has 0 aliphatic heterocycles. The van der Waals surface area contributed by atoms with Gasteiger partial charge >= 0.3 is 5.69 Å². The monoisotopic (exact) mass is 347 g/mol. The topological polar surface area (TPSA) is 102 Å². The van der Waals surface area contributed by atoms with E-state index in [1.54, 1.807) is 7.05 Å². The summed E-state index contributed by atoms with van der Waals surface area (Å²) in [5.41, 5.74) is 0.0162.